The van der Waals surface area contributed by atoms with Gasteiger partial charge in [-0.25, -0.2) is 0 Å². The molecule has 0 aliphatic rings. The molecular formula is C9H12N2OS. The van der Waals surface area contributed by atoms with Gasteiger partial charge in [0.15, 0.2) is 0 Å². The van der Waals surface area contributed by atoms with Crippen molar-refractivity contribution in [1.82, 2.24) is 0 Å². The largest absolute Gasteiger partial charge is 0.495 e. The van der Waals surface area contributed by atoms with E-state index < -0.39 is 0 Å². The maximum absolute atomic E-state index is 5.16. The first kappa shape index (κ1) is 9.92. The van der Waals surface area contributed by atoms with Crippen molar-refractivity contribution in [1.29, 1.82) is 0 Å². The molecule has 13 heavy (non-hydrogen) atoms. The Kier molecular flexibility index (Phi) is 3.19. The molecule has 0 bridgehead atoms. The normalized spacial score (nSPS) is 9.46. The Hall–Kier alpha value is -1.16. The third-order valence-electron chi connectivity index (χ3n) is 1.98. The minimum absolute atomic E-state index is 0.761. The Labute approximate surface area is 83.3 Å². The second kappa shape index (κ2) is 4.18. The molecule has 70 valence electrons. The summed E-state index contributed by atoms with van der Waals surface area (Å²) in [5, 5.41) is 0. The van der Waals surface area contributed by atoms with Crippen LogP contribution in [0.5, 0.6) is 5.75 Å². The fourth-order valence-corrected chi connectivity index (χ4v) is 1.19. The smallest absolute Gasteiger partial charge is 0.144 e. The molecule has 3 nitrogen and oxygen atoms in total. The van der Waals surface area contributed by atoms with Crippen molar-refractivity contribution in [3.63, 3.8) is 0 Å². The molecule has 1 rings (SSSR count). The molecule has 0 unspecified atom stereocenters. The van der Waals surface area contributed by atoms with Gasteiger partial charge in [0.2, 0.25) is 0 Å². The minimum Gasteiger partial charge on any atom is -0.495 e. The van der Waals surface area contributed by atoms with Crippen LogP contribution in [0.25, 0.3) is 0 Å². The van der Waals surface area contributed by atoms with Crippen LogP contribution in [0, 0.1) is 13.8 Å². The predicted molar refractivity (Wildman–Crippen MR) is 55.9 cm³/mol. The zero-order valence-electron chi connectivity index (χ0n) is 7.92. The molecular weight excluding hydrogens is 184 g/mol. The molecule has 0 aromatic heterocycles. The van der Waals surface area contributed by atoms with E-state index in [2.05, 4.69) is 22.3 Å². The van der Waals surface area contributed by atoms with Gasteiger partial charge in [0, 0.05) is 0 Å². The maximum atomic E-state index is 5.16. The summed E-state index contributed by atoms with van der Waals surface area (Å²) in [5.74, 6) is 0.761. The average Bonchev–Trinajstić information content (AvgIpc) is 2.11. The minimum atomic E-state index is 0.761. The number of hydrogen-bond acceptors (Lipinski definition) is 3. The van der Waals surface area contributed by atoms with Crippen molar-refractivity contribution in [2.75, 3.05) is 12.5 Å². The summed E-state index contributed by atoms with van der Waals surface area (Å²) in [7, 11) is 1.62. The van der Waals surface area contributed by atoms with E-state index in [9.17, 15) is 0 Å². The van der Waals surface area contributed by atoms with E-state index in [4.69, 9.17) is 4.74 Å². The van der Waals surface area contributed by atoms with Crippen molar-refractivity contribution in [2.24, 2.45) is 4.47 Å². The molecule has 0 aliphatic carbocycles. The molecule has 1 aromatic rings. The van der Waals surface area contributed by atoms with Crippen LogP contribution < -0.4 is 10.2 Å². The number of aryl methyl sites for hydroxylation is 2. The van der Waals surface area contributed by atoms with Crippen LogP contribution in [-0.4, -0.2) is 7.11 Å². The second-order valence-corrected chi connectivity index (χ2v) is 3.02. The van der Waals surface area contributed by atoms with E-state index in [1.54, 1.807) is 7.11 Å². The van der Waals surface area contributed by atoms with Gasteiger partial charge in [-0.1, -0.05) is 0 Å². The Morgan fingerprint density at radius 3 is 2.46 bits per heavy atom. The van der Waals surface area contributed by atoms with Crippen molar-refractivity contribution < 1.29 is 4.74 Å². The van der Waals surface area contributed by atoms with Gasteiger partial charge >= 0.3 is 0 Å². The van der Waals surface area contributed by atoms with Crippen LogP contribution >= 0.6 is 0 Å². The highest BCUT2D eigenvalue weighted by atomic mass is 32.1. The summed E-state index contributed by atoms with van der Waals surface area (Å²) in [6, 6.07) is 3.92. The molecule has 1 N–H and O–H groups in total. The van der Waals surface area contributed by atoms with Crippen molar-refractivity contribution >= 4 is 18.1 Å². The SMILES string of the molecule is COc1cc(C)c(C)cc1NN=S. The van der Waals surface area contributed by atoms with E-state index in [0.29, 0.717) is 0 Å². The third-order valence-corrected chi connectivity index (χ3v) is 2.07. The molecule has 4 heteroatoms. The third kappa shape index (κ3) is 2.15. The lowest BCUT2D eigenvalue weighted by atomic mass is 10.1. The molecule has 0 saturated carbocycles. The summed E-state index contributed by atoms with van der Waals surface area (Å²) in [4.78, 5) is 0. The van der Waals surface area contributed by atoms with E-state index in [-0.39, 0.29) is 0 Å². The Morgan fingerprint density at radius 2 is 1.92 bits per heavy atom. The molecule has 1 aromatic carbocycles. The highest BCUT2D eigenvalue weighted by Gasteiger charge is 2.04. The number of nitrogens with zero attached hydrogens (tertiary/aromatic N) is 1. The van der Waals surface area contributed by atoms with Crippen LogP contribution in [0.3, 0.4) is 0 Å². The Bertz CT molecular complexity index is 326. The van der Waals surface area contributed by atoms with Crippen molar-refractivity contribution in [3.8, 4) is 5.75 Å². The Morgan fingerprint density at radius 1 is 1.31 bits per heavy atom. The standard InChI is InChI=1S/C9H12N2OS/c1-6-4-8(10-11-13)9(12-3)5-7(6)2/h4-5H,1-3H3,(H,10,13). The van der Waals surface area contributed by atoms with Crippen LogP contribution in [0.1, 0.15) is 11.1 Å². The van der Waals surface area contributed by atoms with Gasteiger partial charge in [0.25, 0.3) is 0 Å². The molecule has 0 saturated heterocycles. The molecule has 0 heterocycles. The highest BCUT2D eigenvalue weighted by Crippen LogP contribution is 2.27. The zero-order valence-corrected chi connectivity index (χ0v) is 8.73. The lowest BCUT2D eigenvalue weighted by Gasteiger charge is -2.09. The van der Waals surface area contributed by atoms with Gasteiger partial charge in [0.05, 0.1) is 25.2 Å². The number of ether oxygens (including phenoxy) is 1. The van der Waals surface area contributed by atoms with Gasteiger partial charge in [-0.2, -0.15) is 0 Å². The number of methoxy groups -OCH3 is 1. The quantitative estimate of drug-likeness (QED) is 0.753. The van der Waals surface area contributed by atoms with E-state index >= 15 is 0 Å². The fourth-order valence-electron chi connectivity index (χ4n) is 1.10. The lowest BCUT2D eigenvalue weighted by molar-refractivity contribution is 0.416. The van der Waals surface area contributed by atoms with Crippen LogP contribution in [0.4, 0.5) is 5.69 Å². The summed E-state index contributed by atoms with van der Waals surface area (Å²) in [6.45, 7) is 4.07. The van der Waals surface area contributed by atoms with Crippen LogP contribution in [0.2, 0.25) is 0 Å². The molecule has 0 atom stereocenters. The first-order valence-corrected chi connectivity index (χ1v) is 4.29. The monoisotopic (exact) mass is 196 g/mol. The van der Waals surface area contributed by atoms with Gasteiger partial charge in [0.1, 0.15) is 5.75 Å². The molecule has 0 spiro atoms. The van der Waals surface area contributed by atoms with Crippen molar-refractivity contribution in [3.05, 3.63) is 23.3 Å². The van der Waals surface area contributed by atoms with Crippen LogP contribution in [-0.2, 0) is 12.4 Å². The second-order valence-electron chi connectivity index (χ2n) is 2.84. The average molecular weight is 196 g/mol. The maximum Gasteiger partial charge on any atom is 0.144 e. The van der Waals surface area contributed by atoms with Gasteiger partial charge in [-0.15, -0.1) is 4.47 Å². The van der Waals surface area contributed by atoms with Gasteiger partial charge in [-0.05, 0) is 37.1 Å². The number of benzene rings is 1. The van der Waals surface area contributed by atoms with E-state index in [1.165, 1.54) is 11.1 Å². The molecule has 0 amide bonds. The zero-order chi connectivity index (χ0) is 9.84. The van der Waals surface area contributed by atoms with Gasteiger partial charge in [-0.3, -0.25) is 5.43 Å². The topological polar surface area (TPSA) is 33.6 Å². The summed E-state index contributed by atoms with van der Waals surface area (Å²) < 4.78 is 8.60. The summed E-state index contributed by atoms with van der Waals surface area (Å²) in [5.41, 5.74) is 5.89. The number of anilines is 1. The summed E-state index contributed by atoms with van der Waals surface area (Å²) in [6.07, 6.45) is 0. The highest BCUT2D eigenvalue weighted by molar-refractivity contribution is 7.47. The molecule has 0 radical (unpaired) electrons. The number of rotatable bonds is 3. The fraction of sp³-hybridized carbons (Fsp3) is 0.333. The molecule has 0 aliphatic heterocycles. The number of hydrogen-bond donors (Lipinski definition) is 1. The Balaban J connectivity index is 3.15. The van der Waals surface area contributed by atoms with E-state index in [1.807, 2.05) is 26.0 Å². The van der Waals surface area contributed by atoms with E-state index in [0.717, 1.165) is 11.4 Å². The van der Waals surface area contributed by atoms with Gasteiger partial charge < -0.3 is 4.74 Å². The van der Waals surface area contributed by atoms with Crippen molar-refractivity contribution in [2.45, 2.75) is 13.8 Å². The first-order valence-electron chi connectivity index (χ1n) is 3.92. The lowest BCUT2D eigenvalue weighted by Crippen LogP contribution is -1.94. The first-order chi connectivity index (χ1) is 6.19. The predicted octanol–water partition coefficient (Wildman–Crippen LogP) is 2.37. The number of nitrogens with one attached hydrogen (secondary N) is 1. The summed E-state index contributed by atoms with van der Waals surface area (Å²) >= 11 is 4.48. The van der Waals surface area contributed by atoms with Crippen LogP contribution in [0.15, 0.2) is 16.6 Å². The molecule has 0 fully saturated rings.